The van der Waals surface area contributed by atoms with Crippen molar-refractivity contribution in [1.82, 2.24) is 10.2 Å². The van der Waals surface area contributed by atoms with E-state index >= 15 is 0 Å². The molecule has 72 valence electrons. The van der Waals surface area contributed by atoms with Crippen LogP contribution >= 0.6 is 47.5 Å². The Bertz CT molecular complexity index is 271. The maximum absolute atomic E-state index is 4.08. The highest BCUT2D eigenvalue weighted by atomic mass is 32.2. The zero-order valence-electron chi connectivity index (χ0n) is 7.14. The smallest absolute Gasteiger partial charge is 0.175 e. The molecule has 0 spiro atoms. The van der Waals surface area contributed by atoms with Crippen LogP contribution in [-0.4, -0.2) is 28.0 Å². The Hall–Kier alpha value is 0.350. The molecule has 0 fully saturated rings. The van der Waals surface area contributed by atoms with Gasteiger partial charge in [0.2, 0.25) is 0 Å². The first-order valence-electron chi connectivity index (χ1n) is 3.63. The number of hydrogen-bond donors (Lipinski definition) is 1. The summed E-state index contributed by atoms with van der Waals surface area (Å²) in [5.41, 5.74) is 0. The van der Waals surface area contributed by atoms with Crippen molar-refractivity contribution in [3.05, 3.63) is 12.2 Å². The van der Waals surface area contributed by atoms with Crippen molar-refractivity contribution in [3.63, 3.8) is 0 Å². The van der Waals surface area contributed by atoms with Crippen LogP contribution in [0, 0.1) is 0 Å². The van der Waals surface area contributed by atoms with Gasteiger partial charge in [-0.15, -0.1) is 10.2 Å². The predicted octanol–water partition coefficient (Wildman–Crippen LogP) is 2.84. The lowest BCUT2D eigenvalue weighted by Crippen LogP contribution is -1.73. The van der Waals surface area contributed by atoms with Crippen molar-refractivity contribution in [3.8, 4) is 0 Å². The first-order valence-corrected chi connectivity index (χ1v) is 7.29. The Kier molecular flexibility index (Phi) is 5.93. The minimum atomic E-state index is 0.798. The largest absolute Gasteiger partial charge is 0.175 e. The van der Waals surface area contributed by atoms with Crippen molar-refractivity contribution < 1.29 is 0 Å². The number of hydrogen-bond acceptors (Lipinski definition) is 6. The lowest BCUT2D eigenvalue weighted by molar-refractivity contribution is 0.956. The van der Waals surface area contributed by atoms with E-state index in [4.69, 9.17) is 0 Å². The van der Waals surface area contributed by atoms with Gasteiger partial charge in [0.25, 0.3) is 0 Å². The van der Waals surface area contributed by atoms with Crippen LogP contribution in [-0.2, 0) is 0 Å². The molecule has 0 N–H and O–H groups in total. The van der Waals surface area contributed by atoms with E-state index in [9.17, 15) is 0 Å². The molecule has 0 saturated heterocycles. The van der Waals surface area contributed by atoms with Crippen LogP contribution in [0.15, 0.2) is 20.8 Å². The summed E-state index contributed by atoms with van der Waals surface area (Å²) in [7, 11) is 0. The maximum Gasteiger partial charge on any atom is 0.175 e. The van der Waals surface area contributed by atoms with Gasteiger partial charge in [0, 0.05) is 11.5 Å². The lowest BCUT2D eigenvalue weighted by atomic mass is 10.6. The highest BCUT2D eigenvalue weighted by Gasteiger charge is 2.01. The first kappa shape index (κ1) is 11.4. The van der Waals surface area contributed by atoms with Crippen molar-refractivity contribution in [1.29, 1.82) is 0 Å². The molecule has 0 radical (unpaired) electrons. The third kappa shape index (κ3) is 4.39. The molecule has 0 unspecified atom stereocenters. The third-order valence-electron chi connectivity index (χ3n) is 1.14. The summed E-state index contributed by atoms with van der Waals surface area (Å²) in [5, 5.41) is 8.05. The predicted molar refractivity (Wildman–Crippen MR) is 65.4 cm³/mol. The summed E-state index contributed by atoms with van der Waals surface area (Å²) >= 11 is 9.06. The average Bonchev–Trinajstić information content (AvgIpc) is 2.60. The Balaban J connectivity index is 2.32. The summed E-state index contributed by atoms with van der Waals surface area (Å²) in [6.07, 6.45) is 6.14. The molecule has 1 aromatic rings. The second kappa shape index (κ2) is 6.75. The van der Waals surface area contributed by atoms with Gasteiger partial charge in [-0.2, -0.15) is 12.6 Å². The molecule has 0 aromatic carbocycles. The van der Waals surface area contributed by atoms with E-state index in [-0.39, 0.29) is 0 Å². The Morgan fingerprint density at radius 2 is 2.15 bits per heavy atom. The van der Waals surface area contributed by atoms with Crippen molar-refractivity contribution >= 4 is 47.5 Å². The van der Waals surface area contributed by atoms with Gasteiger partial charge in [0.05, 0.1) is 0 Å². The zero-order valence-corrected chi connectivity index (χ0v) is 10.5. The lowest BCUT2D eigenvalue weighted by Gasteiger charge is -1.87. The highest BCUT2D eigenvalue weighted by molar-refractivity contribution is 8.03. The van der Waals surface area contributed by atoms with E-state index in [2.05, 4.69) is 28.9 Å². The molecule has 1 heterocycles. The third-order valence-corrected chi connectivity index (χ3v) is 4.33. The summed E-state index contributed by atoms with van der Waals surface area (Å²) in [6, 6.07) is 0. The fourth-order valence-electron chi connectivity index (χ4n) is 0.600. The number of aromatic nitrogens is 2. The fourth-order valence-corrected chi connectivity index (χ4v) is 3.06. The van der Waals surface area contributed by atoms with E-state index < -0.39 is 0 Å². The standard InChI is InChI=1S/C7H10N2S4/c1-11-6-8-9-7(13-6)12-5-3-2-4-10/h2-3,10H,4-5H2,1H3/b3-2+. The quantitative estimate of drug-likeness (QED) is 0.494. The average molecular weight is 250 g/mol. The van der Waals surface area contributed by atoms with E-state index in [1.807, 2.05) is 12.3 Å². The molecule has 0 atom stereocenters. The molecular weight excluding hydrogens is 240 g/mol. The number of rotatable bonds is 5. The van der Waals surface area contributed by atoms with Crippen LogP contribution in [0.3, 0.4) is 0 Å². The van der Waals surface area contributed by atoms with Gasteiger partial charge in [0.1, 0.15) is 0 Å². The second-order valence-corrected chi connectivity index (χ2v) is 5.67. The molecule has 0 aliphatic heterocycles. The Morgan fingerprint density at radius 1 is 1.38 bits per heavy atom. The van der Waals surface area contributed by atoms with Gasteiger partial charge in [-0.25, -0.2) is 0 Å². The monoisotopic (exact) mass is 250 g/mol. The normalized spacial score (nSPS) is 11.2. The fraction of sp³-hybridized carbons (Fsp3) is 0.429. The topological polar surface area (TPSA) is 25.8 Å². The molecule has 0 saturated carbocycles. The zero-order chi connectivity index (χ0) is 9.52. The minimum Gasteiger partial charge on any atom is -0.175 e. The van der Waals surface area contributed by atoms with Crippen LogP contribution in [0.5, 0.6) is 0 Å². The van der Waals surface area contributed by atoms with Crippen LogP contribution < -0.4 is 0 Å². The molecule has 2 nitrogen and oxygen atoms in total. The first-order chi connectivity index (χ1) is 6.36. The molecule has 13 heavy (non-hydrogen) atoms. The Morgan fingerprint density at radius 3 is 2.77 bits per heavy atom. The van der Waals surface area contributed by atoms with E-state index in [0.29, 0.717) is 0 Å². The van der Waals surface area contributed by atoms with Crippen molar-refractivity contribution in [2.45, 2.75) is 8.68 Å². The highest BCUT2D eigenvalue weighted by Crippen LogP contribution is 2.27. The van der Waals surface area contributed by atoms with Gasteiger partial charge in [-0.1, -0.05) is 47.0 Å². The molecule has 0 amide bonds. The van der Waals surface area contributed by atoms with Crippen LogP contribution in [0.2, 0.25) is 0 Å². The Labute approximate surface area is 96.0 Å². The van der Waals surface area contributed by atoms with Crippen LogP contribution in [0.1, 0.15) is 0 Å². The molecule has 0 bridgehead atoms. The molecule has 0 aliphatic rings. The SMILES string of the molecule is CSc1nnc(SC/C=C/CS)s1. The van der Waals surface area contributed by atoms with E-state index in [1.54, 1.807) is 34.9 Å². The van der Waals surface area contributed by atoms with Gasteiger partial charge < -0.3 is 0 Å². The summed E-state index contributed by atoms with van der Waals surface area (Å²) < 4.78 is 2.06. The number of thioether (sulfide) groups is 2. The number of nitrogens with zero attached hydrogens (tertiary/aromatic N) is 2. The molecule has 1 aromatic heterocycles. The molecular formula is C7H10N2S4. The van der Waals surface area contributed by atoms with Gasteiger partial charge in [-0.3, -0.25) is 0 Å². The second-order valence-electron chi connectivity index (χ2n) is 2.00. The summed E-state index contributed by atoms with van der Waals surface area (Å²) in [5.74, 6) is 1.75. The van der Waals surface area contributed by atoms with Crippen LogP contribution in [0.4, 0.5) is 0 Å². The molecule has 6 heteroatoms. The van der Waals surface area contributed by atoms with Crippen molar-refractivity contribution in [2.75, 3.05) is 17.8 Å². The van der Waals surface area contributed by atoms with Gasteiger partial charge in [-0.05, 0) is 6.26 Å². The molecule has 1 rings (SSSR count). The van der Waals surface area contributed by atoms with Crippen LogP contribution in [0.25, 0.3) is 0 Å². The van der Waals surface area contributed by atoms with Gasteiger partial charge in [0.15, 0.2) is 8.68 Å². The van der Waals surface area contributed by atoms with E-state index in [0.717, 1.165) is 20.2 Å². The summed E-state index contributed by atoms with van der Waals surface area (Å²) in [6.45, 7) is 0. The minimum absolute atomic E-state index is 0.798. The number of thiol groups is 1. The van der Waals surface area contributed by atoms with Crippen molar-refractivity contribution in [2.24, 2.45) is 0 Å². The maximum atomic E-state index is 4.08. The molecule has 0 aliphatic carbocycles. The summed E-state index contributed by atoms with van der Waals surface area (Å²) in [4.78, 5) is 0. The van der Waals surface area contributed by atoms with Gasteiger partial charge >= 0.3 is 0 Å². The van der Waals surface area contributed by atoms with E-state index in [1.165, 1.54) is 0 Å².